The van der Waals surface area contributed by atoms with Gasteiger partial charge in [0.2, 0.25) is 0 Å². The van der Waals surface area contributed by atoms with Crippen molar-refractivity contribution >= 4 is 5.82 Å². The van der Waals surface area contributed by atoms with E-state index in [4.69, 9.17) is 4.98 Å². The van der Waals surface area contributed by atoms with Crippen LogP contribution in [0.4, 0.5) is 5.82 Å². The van der Waals surface area contributed by atoms with Crippen LogP contribution in [-0.2, 0) is 6.42 Å². The van der Waals surface area contributed by atoms with E-state index in [1.54, 1.807) is 0 Å². The molecule has 1 aromatic carbocycles. The minimum atomic E-state index is 0.961. The number of anilines is 1. The van der Waals surface area contributed by atoms with Crippen LogP contribution in [0, 0.1) is 0 Å². The molecule has 0 bridgehead atoms. The zero-order chi connectivity index (χ0) is 14.2. The van der Waals surface area contributed by atoms with E-state index in [1.807, 2.05) is 6.07 Å². The fourth-order valence-electron chi connectivity index (χ4n) is 2.21. The Balaban J connectivity index is 2.17. The van der Waals surface area contributed by atoms with E-state index in [1.165, 1.54) is 24.0 Å². The molecule has 0 radical (unpaired) electrons. The third kappa shape index (κ3) is 4.09. The summed E-state index contributed by atoms with van der Waals surface area (Å²) in [4.78, 5) is 4.69. The molecule has 1 N–H and O–H groups in total. The molecule has 2 rings (SSSR count). The van der Waals surface area contributed by atoms with Gasteiger partial charge in [-0.25, -0.2) is 4.98 Å². The highest BCUT2D eigenvalue weighted by Crippen LogP contribution is 2.21. The van der Waals surface area contributed by atoms with Crippen molar-refractivity contribution in [2.75, 3.05) is 11.9 Å². The maximum absolute atomic E-state index is 4.69. The summed E-state index contributed by atoms with van der Waals surface area (Å²) < 4.78 is 0. The molecule has 0 saturated heterocycles. The molecular formula is C18H24N2. The molecule has 1 aromatic heterocycles. The first-order valence-corrected chi connectivity index (χ1v) is 7.63. The summed E-state index contributed by atoms with van der Waals surface area (Å²) in [6, 6.07) is 14.9. The lowest BCUT2D eigenvalue weighted by atomic mass is 10.0. The van der Waals surface area contributed by atoms with Gasteiger partial charge in [0.1, 0.15) is 5.82 Å². The van der Waals surface area contributed by atoms with Gasteiger partial charge in [-0.1, -0.05) is 44.5 Å². The van der Waals surface area contributed by atoms with Crippen molar-refractivity contribution in [1.82, 2.24) is 4.98 Å². The van der Waals surface area contributed by atoms with Crippen molar-refractivity contribution in [1.29, 1.82) is 0 Å². The van der Waals surface area contributed by atoms with Gasteiger partial charge in [-0.05, 0) is 43.0 Å². The van der Waals surface area contributed by atoms with Crippen LogP contribution in [0.15, 0.2) is 42.5 Å². The Labute approximate surface area is 122 Å². The molecule has 2 heteroatoms. The van der Waals surface area contributed by atoms with Gasteiger partial charge in [0.15, 0.2) is 0 Å². The van der Waals surface area contributed by atoms with E-state index in [0.29, 0.717) is 0 Å². The van der Waals surface area contributed by atoms with Crippen LogP contribution < -0.4 is 5.32 Å². The average Bonchev–Trinajstić information content (AvgIpc) is 2.51. The summed E-state index contributed by atoms with van der Waals surface area (Å²) in [5, 5.41) is 3.34. The Morgan fingerprint density at radius 2 is 1.85 bits per heavy atom. The zero-order valence-corrected chi connectivity index (χ0v) is 12.5. The van der Waals surface area contributed by atoms with E-state index in [-0.39, 0.29) is 0 Å². The number of hydrogen-bond acceptors (Lipinski definition) is 2. The summed E-state index contributed by atoms with van der Waals surface area (Å²) in [5.41, 5.74) is 3.65. The quantitative estimate of drug-likeness (QED) is 0.771. The highest BCUT2D eigenvalue weighted by molar-refractivity contribution is 5.62. The second kappa shape index (κ2) is 7.68. The van der Waals surface area contributed by atoms with Crippen molar-refractivity contribution in [2.24, 2.45) is 0 Å². The van der Waals surface area contributed by atoms with Crippen LogP contribution in [0.1, 0.15) is 38.7 Å². The van der Waals surface area contributed by atoms with Crippen molar-refractivity contribution < 1.29 is 0 Å². The summed E-state index contributed by atoms with van der Waals surface area (Å²) in [7, 11) is 0. The van der Waals surface area contributed by atoms with Gasteiger partial charge < -0.3 is 5.32 Å². The second-order valence-electron chi connectivity index (χ2n) is 5.14. The minimum absolute atomic E-state index is 0.961. The molecule has 0 aliphatic carbocycles. The molecule has 0 aliphatic rings. The van der Waals surface area contributed by atoms with Gasteiger partial charge in [0.25, 0.3) is 0 Å². The predicted molar refractivity (Wildman–Crippen MR) is 87.1 cm³/mol. The molecule has 0 aliphatic heterocycles. The van der Waals surface area contributed by atoms with Gasteiger partial charge in [0.05, 0.1) is 5.69 Å². The van der Waals surface area contributed by atoms with E-state index >= 15 is 0 Å². The van der Waals surface area contributed by atoms with E-state index in [2.05, 4.69) is 55.6 Å². The van der Waals surface area contributed by atoms with E-state index < -0.39 is 0 Å². The number of nitrogens with one attached hydrogen (secondary N) is 1. The molecule has 0 saturated carbocycles. The maximum Gasteiger partial charge on any atom is 0.126 e. The van der Waals surface area contributed by atoms with E-state index in [9.17, 15) is 0 Å². The second-order valence-corrected chi connectivity index (χ2v) is 5.14. The van der Waals surface area contributed by atoms with Gasteiger partial charge in [0, 0.05) is 12.1 Å². The fourth-order valence-corrected chi connectivity index (χ4v) is 2.21. The first-order valence-electron chi connectivity index (χ1n) is 7.63. The SMILES string of the molecule is CCCCc1cccc(-c2cccc(NCCC)n2)c1. The Morgan fingerprint density at radius 3 is 2.65 bits per heavy atom. The number of nitrogens with zero attached hydrogens (tertiary/aromatic N) is 1. The number of hydrogen-bond donors (Lipinski definition) is 1. The number of rotatable bonds is 7. The molecule has 2 nitrogen and oxygen atoms in total. The number of pyridine rings is 1. The van der Waals surface area contributed by atoms with Crippen LogP contribution >= 0.6 is 0 Å². The topological polar surface area (TPSA) is 24.9 Å². The number of aryl methyl sites for hydroxylation is 1. The maximum atomic E-state index is 4.69. The average molecular weight is 268 g/mol. The van der Waals surface area contributed by atoms with Crippen molar-refractivity contribution in [3.63, 3.8) is 0 Å². The van der Waals surface area contributed by atoms with Crippen LogP contribution in [-0.4, -0.2) is 11.5 Å². The lowest BCUT2D eigenvalue weighted by Crippen LogP contribution is -2.02. The highest BCUT2D eigenvalue weighted by Gasteiger charge is 2.02. The van der Waals surface area contributed by atoms with Gasteiger partial charge in [-0.15, -0.1) is 0 Å². The minimum Gasteiger partial charge on any atom is -0.370 e. The molecule has 0 spiro atoms. The van der Waals surface area contributed by atoms with Gasteiger partial charge in [-0.2, -0.15) is 0 Å². The van der Waals surface area contributed by atoms with Crippen LogP contribution in [0.25, 0.3) is 11.3 Å². The molecular weight excluding hydrogens is 244 g/mol. The first kappa shape index (κ1) is 14.6. The third-order valence-electron chi connectivity index (χ3n) is 3.35. The third-order valence-corrected chi connectivity index (χ3v) is 3.35. The van der Waals surface area contributed by atoms with Crippen molar-refractivity contribution in [3.8, 4) is 11.3 Å². The zero-order valence-electron chi connectivity index (χ0n) is 12.5. The van der Waals surface area contributed by atoms with Gasteiger partial charge in [-0.3, -0.25) is 0 Å². The van der Waals surface area contributed by atoms with Gasteiger partial charge >= 0.3 is 0 Å². The molecule has 106 valence electrons. The highest BCUT2D eigenvalue weighted by atomic mass is 15.0. The summed E-state index contributed by atoms with van der Waals surface area (Å²) in [6.45, 7) is 5.36. The molecule has 20 heavy (non-hydrogen) atoms. The predicted octanol–water partition coefficient (Wildman–Crippen LogP) is 4.91. The Kier molecular flexibility index (Phi) is 5.60. The molecule has 0 fully saturated rings. The summed E-state index contributed by atoms with van der Waals surface area (Å²) in [5.74, 6) is 0.961. The number of aromatic nitrogens is 1. The molecule has 0 atom stereocenters. The standard InChI is InChI=1S/C18H24N2/c1-3-5-8-15-9-6-10-16(14-15)17-11-7-12-18(20-17)19-13-4-2/h6-7,9-12,14H,3-5,8,13H2,1-2H3,(H,19,20). The number of unbranched alkanes of at least 4 members (excludes halogenated alkanes) is 1. The van der Waals surface area contributed by atoms with E-state index in [0.717, 1.165) is 30.9 Å². The normalized spacial score (nSPS) is 10.5. The van der Waals surface area contributed by atoms with Crippen molar-refractivity contribution in [3.05, 3.63) is 48.0 Å². The van der Waals surface area contributed by atoms with Crippen LogP contribution in [0.2, 0.25) is 0 Å². The van der Waals surface area contributed by atoms with Crippen molar-refractivity contribution in [2.45, 2.75) is 39.5 Å². The lowest BCUT2D eigenvalue weighted by Gasteiger charge is -2.08. The van der Waals surface area contributed by atoms with Crippen LogP contribution in [0.3, 0.4) is 0 Å². The summed E-state index contributed by atoms with van der Waals surface area (Å²) >= 11 is 0. The number of benzene rings is 1. The molecule has 0 amide bonds. The molecule has 2 aromatic rings. The Hall–Kier alpha value is -1.83. The Morgan fingerprint density at radius 1 is 1.00 bits per heavy atom. The molecule has 0 unspecified atom stereocenters. The first-order chi connectivity index (χ1) is 9.83. The fraction of sp³-hybridized carbons (Fsp3) is 0.389. The lowest BCUT2D eigenvalue weighted by molar-refractivity contribution is 0.795. The Bertz CT molecular complexity index is 485. The molecule has 1 heterocycles. The monoisotopic (exact) mass is 268 g/mol. The largest absolute Gasteiger partial charge is 0.370 e. The smallest absolute Gasteiger partial charge is 0.126 e. The summed E-state index contributed by atoms with van der Waals surface area (Å²) in [6.07, 6.45) is 4.74. The van der Waals surface area contributed by atoms with Crippen LogP contribution in [0.5, 0.6) is 0 Å².